The van der Waals surface area contributed by atoms with Crippen LogP contribution in [-0.2, 0) is 4.79 Å². The second-order valence-electron chi connectivity index (χ2n) is 5.28. The lowest BCUT2D eigenvalue weighted by Gasteiger charge is -2.42. The van der Waals surface area contributed by atoms with Gasteiger partial charge in [-0.1, -0.05) is 13.8 Å². The Morgan fingerprint density at radius 3 is 1.93 bits per heavy atom. The highest BCUT2D eigenvalue weighted by atomic mass is 19.1. The van der Waals surface area contributed by atoms with Crippen molar-refractivity contribution >= 4 is 5.78 Å². The molecule has 1 saturated carbocycles. The molecule has 2 heteroatoms. The van der Waals surface area contributed by atoms with E-state index in [0.717, 1.165) is 0 Å². The van der Waals surface area contributed by atoms with Crippen LogP contribution in [0, 0.1) is 11.3 Å². The minimum Gasteiger partial charge on any atom is -0.299 e. The van der Waals surface area contributed by atoms with Gasteiger partial charge in [-0.2, -0.15) is 0 Å². The van der Waals surface area contributed by atoms with E-state index in [1.807, 2.05) is 0 Å². The Morgan fingerprint density at radius 1 is 1.21 bits per heavy atom. The molecule has 0 N–H and O–H groups in total. The Balaban J connectivity index is 2.80. The topological polar surface area (TPSA) is 17.1 Å². The van der Waals surface area contributed by atoms with Gasteiger partial charge in [0, 0.05) is 5.41 Å². The number of Topliss-reactive ketones (excluding diaryl/α,β-unsaturated/α-hetero) is 1. The number of carbonyl (C=O) groups is 1. The zero-order valence-corrected chi connectivity index (χ0v) is 9.69. The van der Waals surface area contributed by atoms with Crippen LogP contribution in [0.2, 0.25) is 0 Å². The molecule has 0 aromatic rings. The number of halogens is 1. The van der Waals surface area contributed by atoms with Gasteiger partial charge < -0.3 is 0 Å². The van der Waals surface area contributed by atoms with Crippen molar-refractivity contribution in [1.29, 1.82) is 0 Å². The fraction of sp³-hybridized carbons (Fsp3) is 0.917. The van der Waals surface area contributed by atoms with E-state index in [-0.39, 0.29) is 11.2 Å². The lowest BCUT2D eigenvalue weighted by atomic mass is 9.62. The van der Waals surface area contributed by atoms with Gasteiger partial charge in [-0.05, 0) is 45.4 Å². The first-order valence-corrected chi connectivity index (χ1v) is 5.50. The molecule has 1 fully saturated rings. The van der Waals surface area contributed by atoms with Gasteiger partial charge >= 0.3 is 0 Å². The van der Waals surface area contributed by atoms with E-state index in [1.54, 1.807) is 13.8 Å². The largest absolute Gasteiger partial charge is 0.299 e. The van der Waals surface area contributed by atoms with Crippen molar-refractivity contribution in [3.8, 4) is 0 Å². The van der Waals surface area contributed by atoms with Crippen molar-refractivity contribution in [3.63, 3.8) is 0 Å². The first kappa shape index (κ1) is 11.7. The number of hydrogen-bond donors (Lipinski definition) is 0. The molecule has 0 aliphatic heterocycles. The Labute approximate surface area is 86.1 Å². The molecular weight excluding hydrogens is 179 g/mol. The molecule has 0 heterocycles. The van der Waals surface area contributed by atoms with Crippen molar-refractivity contribution in [2.75, 3.05) is 0 Å². The average Bonchev–Trinajstić information content (AvgIpc) is 2.03. The van der Waals surface area contributed by atoms with Crippen LogP contribution in [0.1, 0.15) is 53.4 Å². The van der Waals surface area contributed by atoms with Crippen LogP contribution in [0.4, 0.5) is 4.39 Å². The first-order chi connectivity index (χ1) is 6.30. The molecule has 0 saturated heterocycles. The van der Waals surface area contributed by atoms with Gasteiger partial charge in [0.25, 0.3) is 0 Å². The third-order valence-corrected chi connectivity index (χ3v) is 3.99. The van der Waals surface area contributed by atoms with Gasteiger partial charge in [0.2, 0.25) is 0 Å². The zero-order chi connectivity index (χ0) is 11.0. The Kier molecular flexibility index (Phi) is 3.03. The number of rotatable bonds is 2. The summed E-state index contributed by atoms with van der Waals surface area (Å²) in [4.78, 5) is 11.7. The van der Waals surface area contributed by atoms with Crippen molar-refractivity contribution < 1.29 is 9.18 Å². The summed E-state index contributed by atoms with van der Waals surface area (Å²) in [6.07, 6.45) is 2.50. The molecule has 82 valence electrons. The van der Waals surface area contributed by atoms with Crippen LogP contribution in [-0.4, -0.2) is 11.5 Å². The van der Waals surface area contributed by atoms with Crippen molar-refractivity contribution in [2.45, 2.75) is 59.0 Å². The third-order valence-electron chi connectivity index (χ3n) is 3.99. The predicted molar refractivity (Wildman–Crippen MR) is 55.9 cm³/mol. The molecule has 0 amide bonds. The van der Waals surface area contributed by atoms with Gasteiger partial charge in [0.1, 0.15) is 11.5 Å². The van der Waals surface area contributed by atoms with Gasteiger partial charge in [-0.15, -0.1) is 0 Å². The fourth-order valence-corrected chi connectivity index (χ4v) is 2.55. The lowest BCUT2D eigenvalue weighted by Crippen LogP contribution is -2.42. The molecule has 0 spiro atoms. The molecule has 14 heavy (non-hydrogen) atoms. The number of hydrogen-bond acceptors (Lipinski definition) is 1. The van der Waals surface area contributed by atoms with Crippen LogP contribution in [0.3, 0.4) is 0 Å². The molecule has 0 radical (unpaired) electrons. The molecule has 1 nitrogen and oxygen atoms in total. The van der Waals surface area contributed by atoms with Gasteiger partial charge in [-0.3, -0.25) is 4.79 Å². The minimum absolute atomic E-state index is 0.239. The predicted octanol–water partition coefficient (Wildman–Crippen LogP) is 3.52. The van der Waals surface area contributed by atoms with Crippen LogP contribution >= 0.6 is 0 Å². The summed E-state index contributed by atoms with van der Waals surface area (Å²) in [5, 5.41) is 0. The normalized spacial score (nSPS) is 38.7. The van der Waals surface area contributed by atoms with E-state index in [2.05, 4.69) is 13.8 Å². The standard InChI is InChI=1S/C12H21FO/c1-9(2)12(10(3)14)7-5-11(4,13)6-8-12/h9H,5-8H2,1-4H3. The van der Waals surface area contributed by atoms with E-state index >= 15 is 0 Å². The van der Waals surface area contributed by atoms with E-state index in [4.69, 9.17) is 0 Å². The monoisotopic (exact) mass is 200 g/mol. The first-order valence-electron chi connectivity index (χ1n) is 5.50. The molecule has 0 aromatic carbocycles. The van der Waals surface area contributed by atoms with Gasteiger partial charge in [0.05, 0.1) is 0 Å². The quantitative estimate of drug-likeness (QED) is 0.666. The summed E-state index contributed by atoms with van der Waals surface area (Å²) in [7, 11) is 0. The van der Waals surface area contributed by atoms with Crippen LogP contribution in [0.25, 0.3) is 0 Å². The van der Waals surface area contributed by atoms with Crippen molar-refractivity contribution in [3.05, 3.63) is 0 Å². The second kappa shape index (κ2) is 3.63. The highest BCUT2D eigenvalue weighted by Gasteiger charge is 2.45. The summed E-state index contributed by atoms with van der Waals surface area (Å²) in [5.41, 5.74) is -1.29. The average molecular weight is 200 g/mol. The van der Waals surface area contributed by atoms with E-state index in [0.29, 0.717) is 31.6 Å². The van der Waals surface area contributed by atoms with E-state index in [9.17, 15) is 9.18 Å². The number of alkyl halides is 1. The molecular formula is C12H21FO. The summed E-state index contributed by atoms with van der Waals surface area (Å²) in [6.45, 7) is 7.45. The molecule has 0 aromatic heterocycles. The summed E-state index contributed by atoms with van der Waals surface area (Å²) >= 11 is 0. The summed E-state index contributed by atoms with van der Waals surface area (Å²) in [5.74, 6) is 0.569. The number of ketones is 1. The highest BCUT2D eigenvalue weighted by molar-refractivity contribution is 5.82. The number of carbonyl (C=O) groups excluding carboxylic acids is 1. The van der Waals surface area contributed by atoms with Gasteiger partial charge in [-0.25, -0.2) is 4.39 Å². The molecule has 1 rings (SSSR count). The molecule has 1 aliphatic carbocycles. The molecule has 1 aliphatic rings. The molecule has 0 atom stereocenters. The van der Waals surface area contributed by atoms with Gasteiger partial charge in [0.15, 0.2) is 0 Å². The fourth-order valence-electron chi connectivity index (χ4n) is 2.55. The van der Waals surface area contributed by atoms with Crippen LogP contribution in [0.15, 0.2) is 0 Å². The Hall–Kier alpha value is -0.400. The maximum atomic E-state index is 13.6. The van der Waals surface area contributed by atoms with Crippen LogP contribution < -0.4 is 0 Å². The summed E-state index contributed by atoms with van der Waals surface area (Å²) < 4.78 is 13.6. The third kappa shape index (κ3) is 1.99. The molecule has 0 bridgehead atoms. The Morgan fingerprint density at radius 2 is 1.64 bits per heavy atom. The smallest absolute Gasteiger partial charge is 0.136 e. The van der Waals surface area contributed by atoms with Crippen molar-refractivity contribution in [2.24, 2.45) is 11.3 Å². The van der Waals surface area contributed by atoms with E-state index < -0.39 is 5.67 Å². The highest BCUT2D eigenvalue weighted by Crippen LogP contribution is 2.47. The van der Waals surface area contributed by atoms with E-state index in [1.165, 1.54) is 0 Å². The maximum Gasteiger partial charge on any atom is 0.136 e. The van der Waals surface area contributed by atoms with Crippen LogP contribution in [0.5, 0.6) is 0 Å². The summed E-state index contributed by atoms with van der Waals surface area (Å²) in [6, 6.07) is 0. The Bertz CT molecular complexity index is 220. The SMILES string of the molecule is CC(=O)C1(C(C)C)CCC(C)(F)CC1. The minimum atomic E-state index is -1.05. The zero-order valence-electron chi connectivity index (χ0n) is 9.69. The maximum absolute atomic E-state index is 13.6. The second-order valence-corrected chi connectivity index (χ2v) is 5.28. The van der Waals surface area contributed by atoms with Crippen molar-refractivity contribution in [1.82, 2.24) is 0 Å². The molecule has 0 unspecified atom stereocenters. The lowest BCUT2D eigenvalue weighted by molar-refractivity contribution is -0.133.